The van der Waals surface area contributed by atoms with Crippen LogP contribution in [-0.2, 0) is 17.6 Å². The lowest BCUT2D eigenvalue weighted by atomic mass is 9.91. The molecule has 7 nitrogen and oxygen atoms in total. The van der Waals surface area contributed by atoms with E-state index in [0.29, 0.717) is 41.5 Å². The number of nitriles is 1. The highest BCUT2D eigenvalue weighted by molar-refractivity contribution is 5.95. The molecule has 192 valence electrons. The molecule has 1 saturated carbocycles. The van der Waals surface area contributed by atoms with Crippen LogP contribution in [0.1, 0.15) is 80.1 Å². The molecule has 2 aromatic rings. The molecule has 1 aromatic carbocycles. The Labute approximate surface area is 216 Å². The number of ether oxygens (including phenoxy) is 1. The molecule has 1 atom stereocenters. The number of rotatable bonds is 4. The number of benzene rings is 1. The number of allylic oxidation sites excluding steroid dienone is 4. The van der Waals surface area contributed by atoms with Crippen molar-refractivity contribution in [3.8, 4) is 6.07 Å². The maximum Gasteiger partial charge on any atom is 0.435 e. The number of amides is 1. The predicted molar refractivity (Wildman–Crippen MR) is 136 cm³/mol. The third-order valence-electron chi connectivity index (χ3n) is 7.01. The second-order valence-corrected chi connectivity index (χ2v) is 11.0. The zero-order valence-electron chi connectivity index (χ0n) is 21.5. The number of fused-ring (bicyclic) bond motifs is 1. The van der Waals surface area contributed by atoms with Crippen molar-refractivity contribution in [2.75, 3.05) is 0 Å². The highest BCUT2D eigenvalue weighted by Crippen LogP contribution is 2.36. The molecule has 37 heavy (non-hydrogen) atoms. The van der Waals surface area contributed by atoms with Gasteiger partial charge < -0.3 is 9.64 Å². The molecule has 0 radical (unpaired) electrons. The fourth-order valence-electron chi connectivity index (χ4n) is 5.16. The van der Waals surface area contributed by atoms with Gasteiger partial charge in [-0.25, -0.2) is 9.18 Å². The molecule has 1 heterocycles. The molecular weight excluding hydrogens is 471 g/mol. The summed E-state index contributed by atoms with van der Waals surface area (Å²) in [5.74, 6) is -0.685. The van der Waals surface area contributed by atoms with Gasteiger partial charge in [-0.05, 0) is 89.0 Å². The fourth-order valence-corrected chi connectivity index (χ4v) is 5.16. The van der Waals surface area contributed by atoms with Crippen molar-refractivity contribution in [1.29, 1.82) is 5.26 Å². The molecule has 1 fully saturated rings. The zero-order chi connectivity index (χ0) is 26.3. The molecule has 0 bridgehead atoms. The molecule has 1 amide bonds. The quantitative estimate of drug-likeness (QED) is 0.543. The van der Waals surface area contributed by atoms with Gasteiger partial charge in [0.2, 0.25) is 0 Å². The molecule has 1 unspecified atom stereocenters. The Bertz CT molecular complexity index is 1350. The van der Waals surface area contributed by atoms with Crippen LogP contribution >= 0.6 is 0 Å². The van der Waals surface area contributed by atoms with Crippen molar-refractivity contribution in [2.45, 2.75) is 83.4 Å². The second kappa shape index (κ2) is 9.62. The van der Waals surface area contributed by atoms with E-state index in [4.69, 9.17) is 4.74 Å². The van der Waals surface area contributed by atoms with E-state index in [-0.39, 0.29) is 18.0 Å². The largest absolute Gasteiger partial charge is 0.442 e. The van der Waals surface area contributed by atoms with Gasteiger partial charge in [0.25, 0.3) is 5.91 Å². The van der Waals surface area contributed by atoms with E-state index >= 15 is 4.39 Å². The summed E-state index contributed by atoms with van der Waals surface area (Å²) in [7, 11) is 0. The summed E-state index contributed by atoms with van der Waals surface area (Å²) in [4.78, 5) is 28.0. The Morgan fingerprint density at radius 2 is 1.97 bits per heavy atom. The maximum atomic E-state index is 15.2. The average molecular weight is 503 g/mol. The number of aromatic nitrogens is 2. The number of hydrogen-bond donors (Lipinski definition) is 0. The van der Waals surface area contributed by atoms with Gasteiger partial charge in [0.05, 0.1) is 11.8 Å². The van der Waals surface area contributed by atoms with Crippen LogP contribution in [0.15, 0.2) is 42.1 Å². The number of nitrogens with zero attached hydrogens (tertiary/aromatic N) is 4. The third kappa shape index (κ3) is 5.22. The first-order chi connectivity index (χ1) is 17.6. The Morgan fingerprint density at radius 3 is 2.65 bits per heavy atom. The molecule has 1 aromatic heterocycles. The van der Waals surface area contributed by atoms with Crippen molar-refractivity contribution in [1.82, 2.24) is 14.7 Å². The van der Waals surface area contributed by atoms with Crippen LogP contribution in [0.2, 0.25) is 0 Å². The van der Waals surface area contributed by atoms with Gasteiger partial charge in [0.15, 0.2) is 0 Å². The average Bonchev–Trinajstić information content (AvgIpc) is 3.59. The monoisotopic (exact) mass is 502 g/mol. The first kappa shape index (κ1) is 24.9. The molecule has 3 aliphatic carbocycles. The van der Waals surface area contributed by atoms with Crippen LogP contribution < -0.4 is 0 Å². The SMILES string of the molecule is CC(C)(C)OC(=O)n1cc2c(n1)CCC(N(C(=O)c1ccc(C3=C(C#N)CCC=C3)c(F)c1)C1CC1)C2. The Hall–Kier alpha value is -3.73. The number of hydrogen-bond acceptors (Lipinski definition) is 5. The smallest absolute Gasteiger partial charge is 0.435 e. The Morgan fingerprint density at radius 1 is 1.19 bits per heavy atom. The van der Waals surface area contributed by atoms with Gasteiger partial charge >= 0.3 is 6.09 Å². The maximum absolute atomic E-state index is 15.2. The minimum atomic E-state index is -0.619. The van der Waals surface area contributed by atoms with E-state index in [1.54, 1.807) is 24.4 Å². The van der Waals surface area contributed by atoms with E-state index in [9.17, 15) is 14.9 Å². The van der Waals surface area contributed by atoms with Crippen LogP contribution in [0.5, 0.6) is 0 Å². The number of carbonyl (C=O) groups excluding carboxylic acids is 2. The highest BCUT2D eigenvalue weighted by Gasteiger charge is 2.40. The number of aryl methyl sites for hydroxylation is 1. The van der Waals surface area contributed by atoms with Crippen molar-refractivity contribution in [2.24, 2.45) is 0 Å². The summed E-state index contributed by atoms with van der Waals surface area (Å²) < 4.78 is 21.9. The van der Waals surface area contributed by atoms with E-state index in [2.05, 4.69) is 11.2 Å². The van der Waals surface area contributed by atoms with Crippen LogP contribution in [0, 0.1) is 17.1 Å². The highest BCUT2D eigenvalue weighted by atomic mass is 19.1. The van der Waals surface area contributed by atoms with Crippen LogP contribution in [0.25, 0.3) is 5.57 Å². The molecule has 8 heteroatoms. The summed E-state index contributed by atoms with van der Waals surface area (Å²) in [5, 5.41) is 13.9. The van der Waals surface area contributed by atoms with Crippen molar-refractivity contribution in [3.05, 3.63) is 70.3 Å². The van der Waals surface area contributed by atoms with Gasteiger partial charge in [-0.1, -0.05) is 18.2 Å². The van der Waals surface area contributed by atoms with Crippen molar-refractivity contribution in [3.63, 3.8) is 0 Å². The minimum absolute atomic E-state index is 0.0549. The van der Waals surface area contributed by atoms with Crippen LogP contribution in [-0.4, -0.2) is 44.4 Å². The second-order valence-electron chi connectivity index (χ2n) is 11.0. The third-order valence-corrected chi connectivity index (χ3v) is 7.01. The van der Waals surface area contributed by atoms with E-state index in [1.165, 1.54) is 10.7 Å². The first-order valence-corrected chi connectivity index (χ1v) is 12.9. The predicted octanol–water partition coefficient (Wildman–Crippen LogP) is 5.59. The Balaban J connectivity index is 1.36. The van der Waals surface area contributed by atoms with Gasteiger partial charge in [0, 0.05) is 35.0 Å². The summed E-state index contributed by atoms with van der Waals surface area (Å²) in [6.07, 6.45) is 10.1. The number of carbonyl (C=O) groups is 2. The zero-order valence-corrected chi connectivity index (χ0v) is 21.5. The van der Waals surface area contributed by atoms with Crippen LogP contribution in [0.4, 0.5) is 9.18 Å². The van der Waals surface area contributed by atoms with Crippen LogP contribution in [0.3, 0.4) is 0 Å². The molecule has 0 spiro atoms. The summed E-state index contributed by atoms with van der Waals surface area (Å²) in [6, 6.07) is 6.83. The van der Waals surface area contributed by atoms with E-state index in [1.807, 2.05) is 31.7 Å². The van der Waals surface area contributed by atoms with E-state index < -0.39 is 17.5 Å². The summed E-state index contributed by atoms with van der Waals surface area (Å²) in [6.45, 7) is 5.43. The first-order valence-electron chi connectivity index (χ1n) is 12.9. The molecule has 3 aliphatic rings. The minimum Gasteiger partial charge on any atom is -0.442 e. The summed E-state index contributed by atoms with van der Waals surface area (Å²) in [5.41, 5.74) is 2.97. The topological polar surface area (TPSA) is 88.2 Å². The van der Waals surface area contributed by atoms with Gasteiger partial charge in [-0.15, -0.1) is 0 Å². The molecule has 0 N–H and O–H groups in total. The van der Waals surface area contributed by atoms with Gasteiger partial charge in [-0.2, -0.15) is 15.0 Å². The number of halogens is 1. The van der Waals surface area contributed by atoms with Crippen molar-refractivity contribution >= 4 is 17.6 Å². The molecule has 0 saturated heterocycles. The molecule has 5 rings (SSSR count). The molecule has 0 aliphatic heterocycles. The lowest BCUT2D eigenvalue weighted by molar-refractivity contribution is 0.0513. The lowest BCUT2D eigenvalue weighted by Gasteiger charge is -2.34. The standard InChI is InChI=1S/C29H31FN4O3/c1-29(2,3)37-28(36)33-17-20-14-22(11-13-26(20)32-33)34(21-9-10-21)27(35)18-8-12-24(25(30)15-18)23-7-5-4-6-19(23)16-31/h5,7-8,12,15,17,21-22H,4,6,9-11,13-14H2,1-3H3. The summed E-state index contributed by atoms with van der Waals surface area (Å²) >= 11 is 0. The van der Waals surface area contributed by atoms with E-state index in [0.717, 1.165) is 36.9 Å². The van der Waals surface area contributed by atoms with Crippen molar-refractivity contribution < 1.29 is 18.7 Å². The van der Waals surface area contributed by atoms with Gasteiger partial charge in [0.1, 0.15) is 11.4 Å². The fraction of sp³-hybridized carbons (Fsp3) is 0.448. The Kier molecular flexibility index (Phi) is 6.49. The molecular formula is C29H31FN4O3. The van der Waals surface area contributed by atoms with Gasteiger partial charge in [-0.3, -0.25) is 4.79 Å². The normalized spacial score (nSPS) is 19.3. The lowest BCUT2D eigenvalue weighted by Crippen LogP contribution is -2.44.